The van der Waals surface area contributed by atoms with Crippen LogP contribution >= 0.6 is 0 Å². The van der Waals surface area contributed by atoms with Crippen LogP contribution in [0.1, 0.15) is 43.4 Å². The Bertz CT molecular complexity index is 405. The molecule has 1 saturated carbocycles. The lowest BCUT2D eigenvalue weighted by atomic mass is 9.96. The minimum absolute atomic E-state index is 0.376. The number of hydrogen-bond donors (Lipinski definition) is 1. The number of benzene rings is 1. The number of hydrogen-bond acceptors (Lipinski definition) is 2. The van der Waals surface area contributed by atoms with Gasteiger partial charge in [-0.3, -0.25) is 0 Å². The average molecular weight is 275 g/mol. The molecule has 2 atom stereocenters. The Morgan fingerprint density at radius 3 is 2.30 bits per heavy atom. The highest BCUT2D eigenvalue weighted by molar-refractivity contribution is 5.29. The molecule has 0 saturated heterocycles. The van der Waals surface area contributed by atoms with Crippen LogP contribution in [0, 0.1) is 19.8 Å². The molecule has 0 spiro atoms. The fraction of sp³-hybridized carbons (Fsp3) is 0.667. The Morgan fingerprint density at radius 2 is 1.80 bits per heavy atom. The zero-order valence-corrected chi connectivity index (χ0v) is 13.4. The van der Waals surface area contributed by atoms with E-state index in [0.717, 1.165) is 25.5 Å². The molecule has 0 radical (unpaired) electrons. The van der Waals surface area contributed by atoms with Gasteiger partial charge in [0.2, 0.25) is 0 Å². The van der Waals surface area contributed by atoms with Crippen LogP contribution in [-0.2, 0) is 11.2 Å². The maximum absolute atomic E-state index is 6.05. The summed E-state index contributed by atoms with van der Waals surface area (Å²) in [4.78, 5) is 0. The number of nitrogens with one attached hydrogen (secondary N) is 1. The van der Waals surface area contributed by atoms with E-state index >= 15 is 0 Å². The lowest BCUT2D eigenvalue weighted by Gasteiger charge is -2.28. The first-order valence-corrected chi connectivity index (χ1v) is 8.06. The fourth-order valence-corrected chi connectivity index (χ4v) is 3.21. The highest BCUT2D eigenvalue weighted by Gasteiger charge is 2.36. The summed E-state index contributed by atoms with van der Waals surface area (Å²) in [6.07, 6.45) is 4.11. The normalized spacial score (nSPS) is 18.0. The van der Waals surface area contributed by atoms with Gasteiger partial charge in [-0.25, -0.2) is 0 Å². The Balaban J connectivity index is 2.10. The van der Waals surface area contributed by atoms with Crippen LogP contribution in [0.25, 0.3) is 0 Å². The maximum atomic E-state index is 6.05. The van der Waals surface area contributed by atoms with Gasteiger partial charge in [-0.05, 0) is 58.1 Å². The van der Waals surface area contributed by atoms with Crippen LogP contribution in [0.4, 0.5) is 0 Å². The minimum Gasteiger partial charge on any atom is -0.377 e. The second kappa shape index (κ2) is 7.24. The zero-order valence-electron chi connectivity index (χ0n) is 13.4. The van der Waals surface area contributed by atoms with E-state index in [0.29, 0.717) is 12.1 Å². The molecule has 1 aromatic carbocycles. The van der Waals surface area contributed by atoms with Crippen LogP contribution in [0.5, 0.6) is 0 Å². The number of aryl methyl sites for hydroxylation is 2. The van der Waals surface area contributed by atoms with Gasteiger partial charge in [-0.15, -0.1) is 0 Å². The molecule has 0 aliphatic heterocycles. The SMILES string of the molecule is CCNC(Cc1cc(C)cc(C)c1)C(OCC)C1CC1. The molecule has 0 bridgehead atoms. The van der Waals surface area contributed by atoms with Gasteiger partial charge in [0, 0.05) is 12.6 Å². The standard InChI is InChI=1S/C18H29NO/c1-5-19-17(18(20-6-2)16-7-8-16)12-15-10-13(3)9-14(4)11-15/h9-11,16-19H,5-8,12H2,1-4H3. The molecule has 0 heterocycles. The molecular weight excluding hydrogens is 246 g/mol. The van der Waals surface area contributed by atoms with Crippen molar-refractivity contribution in [2.45, 2.75) is 59.1 Å². The molecule has 2 nitrogen and oxygen atoms in total. The van der Waals surface area contributed by atoms with Crippen molar-refractivity contribution in [3.63, 3.8) is 0 Å². The van der Waals surface area contributed by atoms with Crippen LogP contribution in [0.3, 0.4) is 0 Å². The van der Waals surface area contributed by atoms with Crippen LogP contribution in [0.2, 0.25) is 0 Å². The molecule has 1 N–H and O–H groups in total. The summed E-state index contributed by atoms with van der Waals surface area (Å²) in [5.41, 5.74) is 4.14. The van der Waals surface area contributed by atoms with Crippen LogP contribution < -0.4 is 5.32 Å². The van der Waals surface area contributed by atoms with Crippen molar-refractivity contribution in [2.75, 3.05) is 13.2 Å². The van der Waals surface area contributed by atoms with Gasteiger partial charge in [-0.2, -0.15) is 0 Å². The van der Waals surface area contributed by atoms with E-state index < -0.39 is 0 Å². The lowest BCUT2D eigenvalue weighted by molar-refractivity contribution is 0.0196. The Labute approximate surface area is 123 Å². The van der Waals surface area contributed by atoms with Crippen molar-refractivity contribution >= 4 is 0 Å². The van der Waals surface area contributed by atoms with E-state index in [1.165, 1.54) is 29.5 Å². The lowest BCUT2D eigenvalue weighted by Crippen LogP contribution is -2.44. The molecule has 20 heavy (non-hydrogen) atoms. The Hall–Kier alpha value is -0.860. The highest BCUT2D eigenvalue weighted by atomic mass is 16.5. The van der Waals surface area contributed by atoms with E-state index in [1.807, 2.05) is 0 Å². The fourth-order valence-electron chi connectivity index (χ4n) is 3.21. The topological polar surface area (TPSA) is 21.3 Å². The third kappa shape index (κ3) is 4.32. The first-order chi connectivity index (χ1) is 9.63. The van der Waals surface area contributed by atoms with E-state index in [9.17, 15) is 0 Å². The second-order valence-electron chi connectivity index (χ2n) is 6.12. The van der Waals surface area contributed by atoms with E-state index in [1.54, 1.807) is 0 Å². The molecule has 2 heteroatoms. The van der Waals surface area contributed by atoms with Gasteiger partial charge < -0.3 is 10.1 Å². The summed E-state index contributed by atoms with van der Waals surface area (Å²) < 4.78 is 6.05. The summed E-state index contributed by atoms with van der Waals surface area (Å²) in [5.74, 6) is 0.768. The van der Waals surface area contributed by atoms with Gasteiger partial charge in [0.15, 0.2) is 0 Å². The summed E-state index contributed by atoms with van der Waals surface area (Å²) in [6, 6.07) is 7.31. The number of rotatable bonds is 8. The third-order valence-electron chi connectivity index (χ3n) is 4.05. The molecule has 0 amide bonds. The summed E-state index contributed by atoms with van der Waals surface area (Å²) >= 11 is 0. The zero-order chi connectivity index (χ0) is 14.5. The van der Waals surface area contributed by atoms with Crippen molar-refractivity contribution in [3.8, 4) is 0 Å². The summed E-state index contributed by atoms with van der Waals surface area (Å²) in [7, 11) is 0. The third-order valence-corrected chi connectivity index (χ3v) is 4.05. The van der Waals surface area contributed by atoms with E-state index in [-0.39, 0.29) is 0 Å². The molecule has 2 rings (SSSR count). The highest BCUT2D eigenvalue weighted by Crippen LogP contribution is 2.36. The maximum Gasteiger partial charge on any atom is 0.0759 e. The smallest absolute Gasteiger partial charge is 0.0759 e. The molecule has 2 unspecified atom stereocenters. The molecule has 1 aromatic rings. The van der Waals surface area contributed by atoms with Gasteiger partial charge in [-0.1, -0.05) is 36.2 Å². The summed E-state index contributed by atoms with van der Waals surface area (Å²) in [5, 5.41) is 3.65. The van der Waals surface area contributed by atoms with Crippen LogP contribution in [-0.4, -0.2) is 25.3 Å². The Morgan fingerprint density at radius 1 is 1.15 bits per heavy atom. The predicted molar refractivity (Wildman–Crippen MR) is 85.2 cm³/mol. The first-order valence-electron chi connectivity index (χ1n) is 8.06. The van der Waals surface area contributed by atoms with Crippen molar-refractivity contribution < 1.29 is 4.74 Å². The van der Waals surface area contributed by atoms with Gasteiger partial charge >= 0.3 is 0 Å². The predicted octanol–water partition coefficient (Wildman–Crippen LogP) is 3.64. The van der Waals surface area contributed by atoms with Crippen molar-refractivity contribution in [2.24, 2.45) is 5.92 Å². The van der Waals surface area contributed by atoms with Gasteiger partial charge in [0.25, 0.3) is 0 Å². The summed E-state index contributed by atoms with van der Waals surface area (Å²) in [6.45, 7) is 10.5. The van der Waals surface area contributed by atoms with Gasteiger partial charge in [0.1, 0.15) is 0 Å². The number of likely N-dealkylation sites (N-methyl/N-ethyl adjacent to an activating group) is 1. The first kappa shape index (κ1) is 15.5. The quantitative estimate of drug-likeness (QED) is 0.782. The van der Waals surface area contributed by atoms with Crippen molar-refractivity contribution in [1.29, 1.82) is 0 Å². The Kier molecular flexibility index (Phi) is 5.62. The van der Waals surface area contributed by atoms with Crippen molar-refractivity contribution in [1.82, 2.24) is 5.32 Å². The molecule has 0 aromatic heterocycles. The molecule has 1 aliphatic carbocycles. The van der Waals surface area contributed by atoms with E-state index in [4.69, 9.17) is 4.74 Å². The van der Waals surface area contributed by atoms with Crippen molar-refractivity contribution in [3.05, 3.63) is 34.9 Å². The van der Waals surface area contributed by atoms with Crippen LogP contribution in [0.15, 0.2) is 18.2 Å². The molecule has 112 valence electrons. The second-order valence-corrected chi connectivity index (χ2v) is 6.12. The molecular formula is C18H29NO. The molecule has 1 aliphatic rings. The van der Waals surface area contributed by atoms with E-state index in [2.05, 4.69) is 51.2 Å². The van der Waals surface area contributed by atoms with Gasteiger partial charge in [0.05, 0.1) is 6.10 Å². The average Bonchev–Trinajstić information content (AvgIpc) is 3.18. The largest absolute Gasteiger partial charge is 0.377 e. The minimum atomic E-state index is 0.376. The number of ether oxygens (including phenoxy) is 1. The monoisotopic (exact) mass is 275 g/mol. The molecule has 1 fully saturated rings.